The fourth-order valence-corrected chi connectivity index (χ4v) is 8.14. The minimum absolute atomic E-state index is 0.0980. The molecule has 2 aromatic rings. The molecule has 2 fully saturated rings. The van der Waals surface area contributed by atoms with E-state index in [1.165, 1.54) is 39.9 Å². The lowest BCUT2D eigenvalue weighted by atomic mass is 10.0. The van der Waals surface area contributed by atoms with E-state index in [0.717, 1.165) is 42.5 Å². The molecule has 0 atom stereocenters. The summed E-state index contributed by atoms with van der Waals surface area (Å²) < 4.78 is 32.3. The highest BCUT2D eigenvalue weighted by Crippen LogP contribution is 2.39. The van der Waals surface area contributed by atoms with Crippen LogP contribution in [0.4, 0.5) is 9.80 Å². The lowest BCUT2D eigenvalue weighted by molar-refractivity contribution is 0.0724. The van der Waals surface area contributed by atoms with Crippen LogP contribution in [0.5, 0.6) is 0 Å². The number of rotatable bonds is 6. The number of hydrogen-bond acceptors (Lipinski definition) is 7. The van der Waals surface area contributed by atoms with Gasteiger partial charge in [-0.25, -0.2) is 13.2 Å². The van der Waals surface area contributed by atoms with Gasteiger partial charge in [-0.05, 0) is 75.3 Å². The molecule has 0 unspecified atom stereocenters. The molecule has 3 aliphatic rings. The smallest absolute Gasteiger partial charge is 0.410 e. The summed E-state index contributed by atoms with van der Waals surface area (Å²) in [6.07, 6.45) is 4.79. The maximum atomic E-state index is 13.7. The van der Waals surface area contributed by atoms with Gasteiger partial charge in [0, 0.05) is 43.2 Å². The first kappa shape index (κ1) is 27.6. The number of amides is 3. The van der Waals surface area contributed by atoms with Gasteiger partial charge in [-0.1, -0.05) is 0 Å². The maximum absolute atomic E-state index is 13.7. The van der Waals surface area contributed by atoms with E-state index in [9.17, 15) is 22.8 Å². The molecule has 3 aliphatic heterocycles. The summed E-state index contributed by atoms with van der Waals surface area (Å²) in [5.41, 5.74) is 1.67. The second-order valence-electron chi connectivity index (χ2n) is 10.0. The van der Waals surface area contributed by atoms with Crippen LogP contribution in [0, 0.1) is 0 Å². The Morgan fingerprint density at radius 2 is 1.59 bits per heavy atom. The van der Waals surface area contributed by atoms with Crippen molar-refractivity contribution in [2.75, 3.05) is 44.6 Å². The molecule has 39 heavy (non-hydrogen) atoms. The van der Waals surface area contributed by atoms with Crippen molar-refractivity contribution in [1.29, 1.82) is 0 Å². The van der Waals surface area contributed by atoms with Crippen molar-refractivity contribution >= 4 is 44.3 Å². The zero-order valence-electron chi connectivity index (χ0n) is 22.1. The molecular formula is C27H34N4O6S2. The number of anilines is 1. The number of hydrogen-bond donors (Lipinski definition) is 1. The SMILES string of the molecule is CCOC(=O)N1CCc2c(sc(NC(=O)c3ccc(S(=O)(=O)N4CCCC4)cc3)c2C(=O)N2CCCCC2)C1. The first-order chi connectivity index (χ1) is 18.8. The molecular weight excluding hydrogens is 540 g/mol. The van der Waals surface area contributed by atoms with Crippen molar-refractivity contribution in [3.05, 3.63) is 45.8 Å². The Morgan fingerprint density at radius 3 is 2.26 bits per heavy atom. The number of nitrogens with one attached hydrogen (secondary N) is 1. The quantitative estimate of drug-likeness (QED) is 0.559. The van der Waals surface area contributed by atoms with Crippen LogP contribution in [0.1, 0.15) is 70.2 Å². The van der Waals surface area contributed by atoms with Crippen LogP contribution in [0.25, 0.3) is 0 Å². The molecule has 0 saturated carbocycles. The van der Waals surface area contributed by atoms with E-state index in [-0.39, 0.29) is 17.4 Å². The average Bonchev–Trinajstić information content (AvgIpc) is 3.62. The minimum atomic E-state index is -3.58. The molecule has 10 nitrogen and oxygen atoms in total. The predicted octanol–water partition coefficient (Wildman–Crippen LogP) is 3.93. The van der Waals surface area contributed by atoms with Crippen LogP contribution in [0.2, 0.25) is 0 Å². The van der Waals surface area contributed by atoms with Crippen LogP contribution in [0.3, 0.4) is 0 Å². The van der Waals surface area contributed by atoms with E-state index < -0.39 is 22.0 Å². The number of nitrogens with zero attached hydrogens (tertiary/aromatic N) is 3. The van der Waals surface area contributed by atoms with Gasteiger partial charge < -0.3 is 19.9 Å². The van der Waals surface area contributed by atoms with Crippen molar-refractivity contribution in [3.8, 4) is 0 Å². The van der Waals surface area contributed by atoms with E-state index >= 15 is 0 Å². The Labute approximate surface area is 233 Å². The van der Waals surface area contributed by atoms with Gasteiger partial charge in [0.25, 0.3) is 11.8 Å². The molecule has 12 heteroatoms. The largest absolute Gasteiger partial charge is 0.450 e. The van der Waals surface area contributed by atoms with Crippen LogP contribution in [-0.2, 0) is 27.7 Å². The van der Waals surface area contributed by atoms with Gasteiger partial charge in [-0.3, -0.25) is 9.59 Å². The number of ether oxygens (including phenoxy) is 1. The molecule has 4 heterocycles. The lowest BCUT2D eigenvalue weighted by Crippen LogP contribution is -2.38. The number of sulfonamides is 1. The standard InChI is InChI=1S/C27H34N4O6S2/c1-2-37-27(34)30-17-12-21-22(18-30)38-25(23(21)26(33)29-13-4-3-5-14-29)28-24(32)19-8-10-20(11-9-19)39(35,36)31-15-6-7-16-31/h8-11H,2-7,12-18H2,1H3,(H,28,32). The van der Waals surface area contributed by atoms with Gasteiger partial charge >= 0.3 is 6.09 Å². The number of carbonyl (C=O) groups excluding carboxylic acids is 3. The van der Waals surface area contributed by atoms with Gasteiger partial charge in [0.2, 0.25) is 10.0 Å². The van der Waals surface area contributed by atoms with Gasteiger partial charge in [0.05, 0.1) is 23.6 Å². The molecule has 1 aromatic heterocycles. The molecule has 0 aliphatic carbocycles. The van der Waals surface area contributed by atoms with Crippen molar-refractivity contribution in [1.82, 2.24) is 14.1 Å². The summed E-state index contributed by atoms with van der Waals surface area (Å²) in [6.45, 7) is 5.17. The molecule has 0 bridgehead atoms. The maximum Gasteiger partial charge on any atom is 0.410 e. The second kappa shape index (κ2) is 11.6. The Hall–Kier alpha value is -2.96. The highest BCUT2D eigenvalue weighted by atomic mass is 32.2. The first-order valence-electron chi connectivity index (χ1n) is 13.6. The van der Waals surface area contributed by atoms with E-state index in [4.69, 9.17) is 4.74 Å². The Morgan fingerprint density at radius 1 is 0.923 bits per heavy atom. The zero-order chi connectivity index (χ0) is 27.6. The molecule has 0 radical (unpaired) electrons. The van der Waals surface area contributed by atoms with Gasteiger partial charge in [0.15, 0.2) is 0 Å². The van der Waals surface area contributed by atoms with Crippen molar-refractivity contribution < 1.29 is 27.5 Å². The lowest BCUT2D eigenvalue weighted by Gasteiger charge is -2.29. The monoisotopic (exact) mass is 574 g/mol. The average molecular weight is 575 g/mol. The van der Waals surface area contributed by atoms with Crippen LogP contribution in [0.15, 0.2) is 29.2 Å². The third-order valence-electron chi connectivity index (χ3n) is 7.49. The molecule has 0 spiro atoms. The third kappa shape index (κ3) is 5.68. The number of likely N-dealkylation sites (tertiary alicyclic amines) is 1. The van der Waals surface area contributed by atoms with Crippen LogP contribution < -0.4 is 5.32 Å². The van der Waals surface area contributed by atoms with Gasteiger partial charge in [-0.2, -0.15) is 4.31 Å². The van der Waals surface area contributed by atoms with Crippen molar-refractivity contribution in [2.45, 2.75) is 56.9 Å². The highest BCUT2D eigenvalue weighted by Gasteiger charge is 2.33. The fourth-order valence-electron chi connectivity index (χ4n) is 5.37. The summed E-state index contributed by atoms with van der Waals surface area (Å²) in [6, 6.07) is 5.92. The van der Waals surface area contributed by atoms with E-state index in [0.29, 0.717) is 61.8 Å². The summed E-state index contributed by atoms with van der Waals surface area (Å²) in [4.78, 5) is 43.8. The third-order valence-corrected chi connectivity index (χ3v) is 10.5. The predicted molar refractivity (Wildman–Crippen MR) is 148 cm³/mol. The number of piperidine rings is 1. The highest BCUT2D eigenvalue weighted by molar-refractivity contribution is 7.89. The summed E-state index contributed by atoms with van der Waals surface area (Å²) >= 11 is 1.31. The molecule has 210 valence electrons. The first-order valence-corrected chi connectivity index (χ1v) is 15.8. The second-order valence-corrected chi connectivity index (χ2v) is 13.1. The van der Waals surface area contributed by atoms with Crippen LogP contribution in [-0.4, -0.2) is 79.8 Å². The Balaban J connectivity index is 1.40. The Bertz CT molecular complexity index is 1340. The van der Waals surface area contributed by atoms with Crippen molar-refractivity contribution in [2.24, 2.45) is 0 Å². The molecule has 3 amide bonds. The number of thiophene rings is 1. The number of carbonyl (C=O) groups is 3. The minimum Gasteiger partial charge on any atom is -0.450 e. The zero-order valence-corrected chi connectivity index (χ0v) is 23.7. The van der Waals surface area contributed by atoms with Crippen LogP contribution >= 0.6 is 11.3 Å². The van der Waals surface area contributed by atoms with Crippen molar-refractivity contribution in [3.63, 3.8) is 0 Å². The molecule has 1 aromatic carbocycles. The number of fused-ring (bicyclic) bond motifs is 1. The van der Waals surface area contributed by atoms with E-state index in [1.807, 2.05) is 4.90 Å². The molecule has 1 N–H and O–H groups in total. The molecule has 5 rings (SSSR count). The summed E-state index contributed by atoms with van der Waals surface area (Å²) in [5.74, 6) is -0.521. The topological polar surface area (TPSA) is 116 Å². The fraction of sp³-hybridized carbons (Fsp3) is 0.519. The Kier molecular flexibility index (Phi) is 8.24. The summed E-state index contributed by atoms with van der Waals surface area (Å²) in [5, 5.41) is 3.38. The van der Waals surface area contributed by atoms with E-state index in [1.54, 1.807) is 11.8 Å². The van der Waals surface area contributed by atoms with Gasteiger partial charge in [0.1, 0.15) is 5.00 Å². The van der Waals surface area contributed by atoms with Gasteiger partial charge in [-0.15, -0.1) is 11.3 Å². The normalized spacial score (nSPS) is 18.1. The number of benzene rings is 1. The molecule has 2 saturated heterocycles. The summed E-state index contributed by atoms with van der Waals surface area (Å²) in [7, 11) is -3.58. The van der Waals surface area contributed by atoms with E-state index in [2.05, 4.69) is 5.32 Å².